The molecule has 1 heterocycles. The highest BCUT2D eigenvalue weighted by Gasteiger charge is 2.07. The Kier molecular flexibility index (Phi) is 4.28. The minimum Gasteiger partial charge on any atom is -0.308 e. The van der Waals surface area contributed by atoms with E-state index >= 15 is 0 Å². The standard InChI is InChI=1S/C12H14ClFN4/c1-9(10-2-3-12(14)11(13)8-10)15-4-6-18-7-5-16-17-18/h2-3,5,7-9,15H,4,6H2,1H3. The van der Waals surface area contributed by atoms with Crippen LogP contribution in [0.15, 0.2) is 30.6 Å². The Morgan fingerprint density at radius 2 is 2.33 bits per heavy atom. The van der Waals surface area contributed by atoms with Crippen molar-refractivity contribution in [3.8, 4) is 0 Å². The van der Waals surface area contributed by atoms with Crippen molar-refractivity contribution in [3.05, 3.63) is 47.0 Å². The van der Waals surface area contributed by atoms with E-state index in [9.17, 15) is 4.39 Å². The molecule has 1 aromatic heterocycles. The predicted octanol–water partition coefficient (Wildman–Crippen LogP) is 2.42. The molecular formula is C12H14ClFN4. The zero-order valence-electron chi connectivity index (χ0n) is 9.98. The van der Waals surface area contributed by atoms with Crippen molar-refractivity contribution in [3.63, 3.8) is 0 Å². The Bertz CT molecular complexity index is 501. The highest BCUT2D eigenvalue weighted by molar-refractivity contribution is 6.30. The molecule has 0 fully saturated rings. The molecule has 1 aromatic carbocycles. The molecule has 0 aliphatic rings. The summed E-state index contributed by atoms with van der Waals surface area (Å²) in [6.45, 7) is 3.49. The van der Waals surface area contributed by atoms with Crippen molar-refractivity contribution in [2.75, 3.05) is 6.54 Å². The summed E-state index contributed by atoms with van der Waals surface area (Å²) in [5.74, 6) is -0.393. The number of hydrogen-bond acceptors (Lipinski definition) is 3. The summed E-state index contributed by atoms with van der Waals surface area (Å²) in [6, 6.07) is 4.86. The van der Waals surface area contributed by atoms with Gasteiger partial charge in [0.1, 0.15) is 5.82 Å². The smallest absolute Gasteiger partial charge is 0.141 e. The maximum atomic E-state index is 13.0. The zero-order chi connectivity index (χ0) is 13.0. The third-order valence-electron chi connectivity index (χ3n) is 2.71. The van der Waals surface area contributed by atoms with E-state index in [-0.39, 0.29) is 11.1 Å². The summed E-state index contributed by atoms with van der Waals surface area (Å²) in [6.07, 6.45) is 3.45. The van der Waals surface area contributed by atoms with Crippen LogP contribution in [0, 0.1) is 5.82 Å². The van der Waals surface area contributed by atoms with Gasteiger partial charge in [0.2, 0.25) is 0 Å². The topological polar surface area (TPSA) is 42.7 Å². The van der Waals surface area contributed by atoms with E-state index in [0.717, 1.165) is 18.7 Å². The average Bonchev–Trinajstić information content (AvgIpc) is 2.85. The lowest BCUT2D eigenvalue weighted by Gasteiger charge is -2.14. The average molecular weight is 269 g/mol. The highest BCUT2D eigenvalue weighted by atomic mass is 35.5. The molecular weight excluding hydrogens is 255 g/mol. The van der Waals surface area contributed by atoms with Gasteiger partial charge in [0.05, 0.1) is 17.8 Å². The van der Waals surface area contributed by atoms with Gasteiger partial charge in [-0.1, -0.05) is 22.9 Å². The monoisotopic (exact) mass is 268 g/mol. The van der Waals surface area contributed by atoms with E-state index in [1.54, 1.807) is 29.2 Å². The Balaban J connectivity index is 1.87. The van der Waals surface area contributed by atoms with Crippen LogP contribution in [0.2, 0.25) is 5.02 Å². The number of nitrogens with one attached hydrogen (secondary N) is 1. The SMILES string of the molecule is CC(NCCn1ccnn1)c1ccc(F)c(Cl)c1. The van der Waals surface area contributed by atoms with Gasteiger partial charge in [0.25, 0.3) is 0 Å². The largest absolute Gasteiger partial charge is 0.308 e. The van der Waals surface area contributed by atoms with Gasteiger partial charge >= 0.3 is 0 Å². The summed E-state index contributed by atoms with van der Waals surface area (Å²) in [7, 11) is 0. The molecule has 0 spiro atoms. The lowest BCUT2D eigenvalue weighted by Crippen LogP contribution is -2.23. The van der Waals surface area contributed by atoms with Crippen molar-refractivity contribution < 1.29 is 4.39 Å². The minimum atomic E-state index is -0.393. The predicted molar refractivity (Wildman–Crippen MR) is 67.8 cm³/mol. The van der Waals surface area contributed by atoms with Gasteiger partial charge in [0, 0.05) is 18.8 Å². The molecule has 1 atom stereocenters. The van der Waals surface area contributed by atoms with Crippen molar-refractivity contribution in [1.82, 2.24) is 20.3 Å². The van der Waals surface area contributed by atoms with Crippen LogP contribution in [-0.4, -0.2) is 21.5 Å². The summed E-state index contributed by atoms with van der Waals surface area (Å²) < 4.78 is 14.8. The minimum absolute atomic E-state index is 0.103. The number of halogens is 2. The van der Waals surface area contributed by atoms with Crippen LogP contribution in [0.3, 0.4) is 0 Å². The van der Waals surface area contributed by atoms with Crippen molar-refractivity contribution in [1.29, 1.82) is 0 Å². The molecule has 0 radical (unpaired) electrons. The van der Waals surface area contributed by atoms with Gasteiger partial charge in [-0.05, 0) is 24.6 Å². The van der Waals surface area contributed by atoms with Crippen LogP contribution in [0.5, 0.6) is 0 Å². The van der Waals surface area contributed by atoms with Crippen LogP contribution in [0.4, 0.5) is 4.39 Å². The van der Waals surface area contributed by atoms with Crippen LogP contribution < -0.4 is 5.32 Å². The fourth-order valence-corrected chi connectivity index (χ4v) is 1.84. The molecule has 18 heavy (non-hydrogen) atoms. The number of aromatic nitrogens is 3. The molecule has 0 aliphatic carbocycles. The van der Waals surface area contributed by atoms with Gasteiger partial charge in [-0.3, -0.25) is 4.68 Å². The van der Waals surface area contributed by atoms with E-state index in [0.29, 0.717) is 0 Å². The lowest BCUT2D eigenvalue weighted by atomic mass is 10.1. The second-order valence-corrected chi connectivity index (χ2v) is 4.42. The van der Waals surface area contributed by atoms with E-state index in [1.807, 2.05) is 6.92 Å². The number of benzene rings is 1. The second kappa shape index (κ2) is 5.93. The van der Waals surface area contributed by atoms with E-state index in [2.05, 4.69) is 15.6 Å². The first-order valence-electron chi connectivity index (χ1n) is 5.69. The number of nitrogens with zero attached hydrogens (tertiary/aromatic N) is 3. The van der Waals surface area contributed by atoms with E-state index in [4.69, 9.17) is 11.6 Å². The van der Waals surface area contributed by atoms with Crippen molar-refractivity contribution >= 4 is 11.6 Å². The molecule has 0 saturated carbocycles. The quantitative estimate of drug-likeness (QED) is 0.906. The summed E-state index contributed by atoms with van der Waals surface area (Å²) >= 11 is 5.75. The van der Waals surface area contributed by atoms with Gasteiger partial charge in [-0.2, -0.15) is 0 Å². The van der Waals surface area contributed by atoms with Crippen LogP contribution >= 0.6 is 11.6 Å². The maximum absolute atomic E-state index is 13.0. The molecule has 1 N–H and O–H groups in total. The Morgan fingerprint density at radius 3 is 3.00 bits per heavy atom. The highest BCUT2D eigenvalue weighted by Crippen LogP contribution is 2.20. The molecule has 96 valence electrons. The molecule has 4 nitrogen and oxygen atoms in total. The van der Waals surface area contributed by atoms with E-state index < -0.39 is 5.82 Å². The fourth-order valence-electron chi connectivity index (χ4n) is 1.65. The first kappa shape index (κ1) is 13.0. The zero-order valence-corrected chi connectivity index (χ0v) is 10.7. The van der Waals surface area contributed by atoms with Crippen LogP contribution in [-0.2, 0) is 6.54 Å². The Labute approximate surface area is 110 Å². The molecule has 0 saturated heterocycles. The molecule has 6 heteroatoms. The summed E-state index contributed by atoms with van der Waals surface area (Å²) in [5.41, 5.74) is 0.958. The van der Waals surface area contributed by atoms with Gasteiger partial charge in [-0.15, -0.1) is 5.10 Å². The van der Waals surface area contributed by atoms with Crippen molar-refractivity contribution in [2.24, 2.45) is 0 Å². The van der Waals surface area contributed by atoms with E-state index in [1.165, 1.54) is 6.07 Å². The van der Waals surface area contributed by atoms with Gasteiger partial charge in [0.15, 0.2) is 0 Å². The maximum Gasteiger partial charge on any atom is 0.141 e. The van der Waals surface area contributed by atoms with Crippen LogP contribution in [0.25, 0.3) is 0 Å². The first-order valence-corrected chi connectivity index (χ1v) is 6.07. The third-order valence-corrected chi connectivity index (χ3v) is 3.00. The summed E-state index contributed by atoms with van der Waals surface area (Å²) in [5, 5.41) is 11.1. The normalized spacial score (nSPS) is 12.6. The van der Waals surface area contributed by atoms with Crippen LogP contribution in [0.1, 0.15) is 18.5 Å². The number of hydrogen-bond donors (Lipinski definition) is 1. The summed E-state index contributed by atoms with van der Waals surface area (Å²) in [4.78, 5) is 0. The van der Waals surface area contributed by atoms with Gasteiger partial charge in [-0.25, -0.2) is 4.39 Å². The molecule has 0 aliphatic heterocycles. The molecule has 2 rings (SSSR count). The molecule has 1 unspecified atom stereocenters. The molecule has 2 aromatic rings. The Morgan fingerprint density at radius 1 is 1.50 bits per heavy atom. The lowest BCUT2D eigenvalue weighted by molar-refractivity contribution is 0.498. The van der Waals surface area contributed by atoms with Gasteiger partial charge < -0.3 is 5.32 Å². The second-order valence-electron chi connectivity index (χ2n) is 4.02. The first-order chi connectivity index (χ1) is 8.66. The molecule has 0 amide bonds. The number of rotatable bonds is 5. The van der Waals surface area contributed by atoms with Crippen molar-refractivity contribution in [2.45, 2.75) is 19.5 Å². The third kappa shape index (κ3) is 3.27. The molecule has 0 bridgehead atoms. The fraction of sp³-hybridized carbons (Fsp3) is 0.333. The Hall–Kier alpha value is -1.46.